The van der Waals surface area contributed by atoms with Crippen LogP contribution in [0.2, 0.25) is 0 Å². The third-order valence-corrected chi connectivity index (χ3v) is 9.26. The quantitative estimate of drug-likeness (QED) is 0.530. The van der Waals surface area contributed by atoms with Crippen LogP contribution < -0.4 is 10.6 Å². The maximum absolute atomic E-state index is 13.3. The van der Waals surface area contributed by atoms with E-state index < -0.39 is 33.9 Å². The first kappa shape index (κ1) is 26.4. The minimum Gasteiger partial charge on any atom is -0.344 e. The molecule has 10 nitrogen and oxygen atoms in total. The Morgan fingerprint density at radius 1 is 1.08 bits per heavy atom. The van der Waals surface area contributed by atoms with Crippen molar-refractivity contribution in [2.24, 2.45) is 5.92 Å². The summed E-state index contributed by atoms with van der Waals surface area (Å²) < 4.78 is 27.0. The summed E-state index contributed by atoms with van der Waals surface area (Å²) in [7, 11) is -3.92. The van der Waals surface area contributed by atoms with Crippen molar-refractivity contribution in [1.29, 1.82) is 0 Å². The number of amides is 2. The molecule has 2 N–H and O–H groups in total. The number of hydrogen-bond donors (Lipinski definition) is 2. The number of sulfonamides is 1. The third kappa shape index (κ3) is 6.54. The van der Waals surface area contributed by atoms with Crippen LogP contribution >= 0.6 is 11.3 Å². The van der Waals surface area contributed by atoms with Crippen molar-refractivity contribution in [3.63, 3.8) is 0 Å². The van der Waals surface area contributed by atoms with E-state index in [-0.39, 0.29) is 28.9 Å². The molecule has 1 saturated heterocycles. The van der Waals surface area contributed by atoms with E-state index in [1.165, 1.54) is 36.2 Å². The van der Waals surface area contributed by atoms with Gasteiger partial charge in [0, 0.05) is 24.3 Å². The highest BCUT2D eigenvalue weighted by Crippen LogP contribution is 2.28. The third-order valence-electron chi connectivity index (χ3n) is 6.72. The monoisotopic (exact) mass is 533 g/mol. The van der Waals surface area contributed by atoms with Gasteiger partial charge in [0.15, 0.2) is 15.8 Å². The molecule has 2 fully saturated rings. The highest BCUT2D eigenvalue weighted by atomic mass is 32.2. The van der Waals surface area contributed by atoms with Gasteiger partial charge in [0.1, 0.15) is 6.04 Å². The number of rotatable bonds is 8. The van der Waals surface area contributed by atoms with E-state index >= 15 is 0 Å². The van der Waals surface area contributed by atoms with E-state index in [1.54, 1.807) is 17.5 Å². The molecule has 2 aromatic rings. The Morgan fingerprint density at radius 3 is 2.58 bits per heavy atom. The Hall–Kier alpha value is -2.70. The lowest BCUT2D eigenvalue weighted by Crippen LogP contribution is -2.53. The van der Waals surface area contributed by atoms with Crippen LogP contribution in [0, 0.1) is 5.92 Å². The van der Waals surface area contributed by atoms with E-state index in [2.05, 4.69) is 20.6 Å². The van der Waals surface area contributed by atoms with E-state index in [1.807, 2.05) is 0 Å². The second-order valence-corrected chi connectivity index (χ2v) is 12.1. The van der Waals surface area contributed by atoms with Gasteiger partial charge in [0.25, 0.3) is 15.9 Å². The number of carbonyl (C=O) groups excluding carboxylic acids is 3. The SMILES string of the molecule is O=C(NC(CC1CCCCC1)C(=O)NC1CCCN(S(=O)(=O)c2ccccn2)CC1=O)c1nccs1. The fraction of sp³-hybridized carbons (Fsp3) is 0.542. The summed E-state index contributed by atoms with van der Waals surface area (Å²) in [6.07, 6.45) is 9.50. The van der Waals surface area contributed by atoms with Crippen LogP contribution in [0.15, 0.2) is 41.0 Å². The number of aromatic nitrogens is 2. The normalized spacial score (nSPS) is 20.9. The Morgan fingerprint density at radius 2 is 1.89 bits per heavy atom. The van der Waals surface area contributed by atoms with E-state index in [0.29, 0.717) is 25.2 Å². The summed E-state index contributed by atoms with van der Waals surface area (Å²) >= 11 is 1.19. The van der Waals surface area contributed by atoms with Crippen LogP contribution in [0.25, 0.3) is 0 Å². The van der Waals surface area contributed by atoms with Crippen LogP contribution in [0.5, 0.6) is 0 Å². The number of Topliss-reactive ketones (excluding diaryl/α,β-unsaturated/α-hetero) is 1. The summed E-state index contributed by atoms with van der Waals surface area (Å²) in [5, 5.41) is 7.47. The molecule has 0 spiro atoms. The Kier molecular flexibility index (Phi) is 8.81. The first-order valence-electron chi connectivity index (χ1n) is 12.3. The molecule has 3 heterocycles. The van der Waals surface area contributed by atoms with Crippen molar-refractivity contribution < 1.29 is 22.8 Å². The molecule has 0 radical (unpaired) electrons. The van der Waals surface area contributed by atoms with Gasteiger partial charge in [-0.1, -0.05) is 38.2 Å². The molecule has 1 aliphatic heterocycles. The zero-order chi connectivity index (χ0) is 25.5. The molecule has 2 aromatic heterocycles. The molecule has 194 valence electrons. The zero-order valence-electron chi connectivity index (χ0n) is 20.0. The maximum atomic E-state index is 13.3. The predicted octanol–water partition coefficient (Wildman–Crippen LogP) is 2.15. The maximum Gasteiger partial charge on any atom is 0.280 e. The summed E-state index contributed by atoms with van der Waals surface area (Å²) in [5.41, 5.74) is 0. The fourth-order valence-corrected chi connectivity index (χ4v) is 6.72. The lowest BCUT2D eigenvalue weighted by Gasteiger charge is -2.27. The zero-order valence-corrected chi connectivity index (χ0v) is 21.6. The molecule has 12 heteroatoms. The summed E-state index contributed by atoms with van der Waals surface area (Å²) in [6, 6.07) is 2.97. The average Bonchev–Trinajstić information content (AvgIpc) is 3.36. The van der Waals surface area contributed by atoms with Crippen LogP contribution in [-0.2, 0) is 19.6 Å². The van der Waals surface area contributed by atoms with Crippen molar-refractivity contribution in [2.45, 2.75) is 68.5 Å². The van der Waals surface area contributed by atoms with Crippen molar-refractivity contribution in [1.82, 2.24) is 24.9 Å². The van der Waals surface area contributed by atoms with E-state index in [9.17, 15) is 22.8 Å². The molecular formula is C24H31N5O5S2. The smallest absolute Gasteiger partial charge is 0.280 e. The highest BCUT2D eigenvalue weighted by molar-refractivity contribution is 7.89. The Bertz CT molecular complexity index is 1150. The van der Waals surface area contributed by atoms with Crippen molar-refractivity contribution >= 4 is 39.0 Å². The van der Waals surface area contributed by atoms with Gasteiger partial charge in [0.2, 0.25) is 5.91 Å². The summed E-state index contributed by atoms with van der Waals surface area (Å²) in [6.45, 7) is -0.189. The number of hydrogen-bond acceptors (Lipinski definition) is 8. The van der Waals surface area contributed by atoms with Crippen molar-refractivity contribution in [2.75, 3.05) is 13.1 Å². The summed E-state index contributed by atoms with van der Waals surface area (Å²) in [4.78, 5) is 47.0. The second-order valence-electron chi connectivity index (χ2n) is 9.28. The molecule has 2 amide bonds. The number of nitrogens with zero attached hydrogens (tertiary/aromatic N) is 3. The topological polar surface area (TPSA) is 138 Å². The highest BCUT2D eigenvalue weighted by Gasteiger charge is 2.35. The standard InChI is InChI=1S/C24H31N5O5S2/c30-20-16-29(36(33,34)21-10-4-5-11-25-21)13-6-9-18(20)27-22(31)19(15-17-7-2-1-3-8-17)28-23(32)24-26-12-14-35-24/h4-5,10-12,14,17-19H,1-3,6-9,13,15-16H2,(H,27,31)(H,28,32). The van der Waals surface area contributed by atoms with Crippen LogP contribution in [0.4, 0.5) is 0 Å². The lowest BCUT2D eigenvalue weighted by atomic mass is 9.84. The van der Waals surface area contributed by atoms with Crippen LogP contribution in [0.1, 0.15) is 61.2 Å². The fourth-order valence-electron chi connectivity index (χ4n) is 4.80. The number of nitrogens with one attached hydrogen (secondary N) is 2. The predicted molar refractivity (Wildman–Crippen MR) is 134 cm³/mol. The first-order valence-corrected chi connectivity index (χ1v) is 14.6. The summed E-state index contributed by atoms with van der Waals surface area (Å²) in [5.74, 6) is -0.913. The van der Waals surface area contributed by atoms with Gasteiger partial charge in [-0.3, -0.25) is 14.4 Å². The van der Waals surface area contributed by atoms with Gasteiger partial charge in [-0.2, -0.15) is 4.31 Å². The molecule has 2 atom stereocenters. The number of thiazole rings is 1. The Labute approximate surface area is 215 Å². The molecule has 36 heavy (non-hydrogen) atoms. The Balaban J connectivity index is 1.43. The lowest BCUT2D eigenvalue weighted by molar-refractivity contribution is -0.129. The molecule has 0 bridgehead atoms. The van der Waals surface area contributed by atoms with Gasteiger partial charge >= 0.3 is 0 Å². The molecule has 2 unspecified atom stereocenters. The molecule has 4 rings (SSSR count). The van der Waals surface area contributed by atoms with Crippen molar-refractivity contribution in [3.05, 3.63) is 41.0 Å². The number of ketones is 1. The van der Waals surface area contributed by atoms with Crippen molar-refractivity contribution in [3.8, 4) is 0 Å². The van der Waals surface area contributed by atoms with Crippen LogP contribution in [0.3, 0.4) is 0 Å². The van der Waals surface area contributed by atoms with Crippen LogP contribution in [-0.4, -0.2) is 65.5 Å². The van der Waals surface area contributed by atoms with E-state index in [4.69, 9.17) is 0 Å². The average molecular weight is 534 g/mol. The molecular weight excluding hydrogens is 502 g/mol. The first-order chi connectivity index (χ1) is 17.3. The van der Waals surface area contributed by atoms with Gasteiger partial charge in [-0.15, -0.1) is 11.3 Å². The molecule has 0 aromatic carbocycles. The number of pyridine rings is 1. The van der Waals surface area contributed by atoms with Gasteiger partial charge in [-0.05, 0) is 37.3 Å². The van der Waals surface area contributed by atoms with Gasteiger partial charge in [0.05, 0.1) is 12.6 Å². The molecule has 1 aliphatic carbocycles. The molecule has 2 aliphatic rings. The largest absolute Gasteiger partial charge is 0.344 e. The van der Waals surface area contributed by atoms with E-state index in [0.717, 1.165) is 30.0 Å². The molecule has 1 saturated carbocycles. The number of carbonyl (C=O) groups is 3. The second kappa shape index (κ2) is 12.0. The van der Waals surface area contributed by atoms with Gasteiger partial charge < -0.3 is 10.6 Å². The minimum atomic E-state index is -3.92. The minimum absolute atomic E-state index is 0.113. The van der Waals surface area contributed by atoms with Gasteiger partial charge in [-0.25, -0.2) is 18.4 Å².